The molecule has 0 unspecified atom stereocenters. The summed E-state index contributed by atoms with van der Waals surface area (Å²) in [5, 5.41) is 5.50. The Kier molecular flexibility index (Phi) is 6.69. The van der Waals surface area contributed by atoms with Crippen molar-refractivity contribution in [3.8, 4) is 5.75 Å². The van der Waals surface area contributed by atoms with Gasteiger partial charge in [0.1, 0.15) is 23.5 Å². The predicted octanol–water partition coefficient (Wildman–Crippen LogP) is 2.90. The van der Waals surface area contributed by atoms with Crippen molar-refractivity contribution in [3.63, 3.8) is 0 Å². The molecule has 1 aromatic heterocycles. The minimum Gasteiger partial charge on any atom is -0.497 e. The van der Waals surface area contributed by atoms with Crippen LogP contribution in [0.3, 0.4) is 0 Å². The largest absolute Gasteiger partial charge is 0.497 e. The van der Waals surface area contributed by atoms with E-state index in [2.05, 4.69) is 25.4 Å². The van der Waals surface area contributed by atoms with Gasteiger partial charge in [0.15, 0.2) is 5.69 Å². The molecule has 8 nitrogen and oxygen atoms in total. The number of hydrogen-bond acceptors (Lipinski definition) is 5. The molecular formula is C22H19N5O3. The van der Waals surface area contributed by atoms with Crippen molar-refractivity contribution < 1.29 is 14.3 Å². The Morgan fingerprint density at radius 1 is 0.933 bits per heavy atom. The van der Waals surface area contributed by atoms with Crippen LogP contribution in [0.1, 0.15) is 32.1 Å². The number of amides is 2. The lowest BCUT2D eigenvalue weighted by Crippen LogP contribution is -2.27. The highest BCUT2D eigenvalue weighted by molar-refractivity contribution is 5.97. The van der Waals surface area contributed by atoms with Crippen LogP contribution in [0.2, 0.25) is 0 Å². The van der Waals surface area contributed by atoms with E-state index in [1.54, 1.807) is 31.4 Å². The zero-order chi connectivity index (χ0) is 21.3. The number of aromatic nitrogens is 2. The summed E-state index contributed by atoms with van der Waals surface area (Å²) in [6.45, 7) is 7.52. The molecule has 3 rings (SSSR count). The fourth-order valence-electron chi connectivity index (χ4n) is 2.62. The lowest BCUT2D eigenvalue weighted by Gasteiger charge is -2.08. The summed E-state index contributed by atoms with van der Waals surface area (Å²) in [6.07, 6.45) is 1.18. The van der Waals surface area contributed by atoms with Crippen LogP contribution in [0.5, 0.6) is 5.75 Å². The highest BCUT2D eigenvalue weighted by Crippen LogP contribution is 2.13. The van der Waals surface area contributed by atoms with E-state index in [0.717, 1.165) is 11.1 Å². The van der Waals surface area contributed by atoms with Crippen molar-refractivity contribution in [2.24, 2.45) is 0 Å². The van der Waals surface area contributed by atoms with E-state index in [1.807, 2.05) is 24.3 Å². The quantitative estimate of drug-likeness (QED) is 0.594. The van der Waals surface area contributed by atoms with Gasteiger partial charge in [-0.25, -0.2) is 14.8 Å². The predicted molar refractivity (Wildman–Crippen MR) is 110 cm³/mol. The van der Waals surface area contributed by atoms with Gasteiger partial charge in [-0.2, -0.15) is 0 Å². The van der Waals surface area contributed by atoms with Crippen LogP contribution in [0.15, 0.2) is 60.9 Å². The van der Waals surface area contributed by atoms with Crippen molar-refractivity contribution in [3.05, 3.63) is 94.9 Å². The van der Waals surface area contributed by atoms with Gasteiger partial charge in [-0.15, -0.1) is 0 Å². The summed E-state index contributed by atoms with van der Waals surface area (Å²) in [6, 6.07) is 15.6. The molecule has 0 bridgehead atoms. The second-order valence-electron chi connectivity index (χ2n) is 6.28. The van der Waals surface area contributed by atoms with Gasteiger partial charge in [-0.3, -0.25) is 9.59 Å². The van der Waals surface area contributed by atoms with Crippen LogP contribution in [0, 0.1) is 6.57 Å². The van der Waals surface area contributed by atoms with E-state index < -0.39 is 11.8 Å². The maximum absolute atomic E-state index is 12.4. The van der Waals surface area contributed by atoms with Gasteiger partial charge in [0, 0.05) is 19.2 Å². The Morgan fingerprint density at radius 3 is 2.17 bits per heavy atom. The first-order chi connectivity index (χ1) is 14.6. The lowest BCUT2D eigenvalue weighted by molar-refractivity contribution is 0.0944. The summed E-state index contributed by atoms with van der Waals surface area (Å²) in [5.74, 6) is -0.135. The molecule has 2 N–H and O–H groups in total. The molecule has 1 heterocycles. The third-order valence-corrected chi connectivity index (χ3v) is 4.24. The van der Waals surface area contributed by atoms with E-state index >= 15 is 0 Å². The molecule has 2 amide bonds. The number of nitrogens with zero attached hydrogens (tertiary/aromatic N) is 3. The normalized spacial score (nSPS) is 10.0. The lowest BCUT2D eigenvalue weighted by atomic mass is 10.2. The maximum atomic E-state index is 12.4. The number of methoxy groups -OCH3 is 1. The van der Waals surface area contributed by atoms with Gasteiger partial charge < -0.3 is 15.4 Å². The number of carbonyl (C=O) groups excluding carboxylic acids is 2. The second kappa shape index (κ2) is 9.80. The summed E-state index contributed by atoms with van der Waals surface area (Å²) in [4.78, 5) is 36.0. The first-order valence-corrected chi connectivity index (χ1v) is 9.07. The monoisotopic (exact) mass is 401 g/mol. The number of rotatable bonds is 7. The molecule has 2 aromatic carbocycles. The minimum atomic E-state index is -0.423. The Labute approximate surface area is 173 Å². The Balaban J connectivity index is 1.59. The fourth-order valence-corrected chi connectivity index (χ4v) is 2.62. The maximum Gasteiger partial charge on any atom is 0.270 e. The van der Waals surface area contributed by atoms with Crippen molar-refractivity contribution in [2.45, 2.75) is 13.1 Å². The molecule has 0 spiro atoms. The van der Waals surface area contributed by atoms with Crippen LogP contribution in [-0.4, -0.2) is 28.9 Å². The van der Waals surface area contributed by atoms with E-state index in [0.29, 0.717) is 18.0 Å². The molecular weight excluding hydrogens is 382 g/mol. The van der Waals surface area contributed by atoms with Crippen LogP contribution >= 0.6 is 0 Å². The highest BCUT2D eigenvalue weighted by Gasteiger charge is 2.13. The average Bonchev–Trinajstić information content (AvgIpc) is 2.81. The van der Waals surface area contributed by atoms with Gasteiger partial charge in [0.25, 0.3) is 11.8 Å². The molecule has 3 aromatic rings. The van der Waals surface area contributed by atoms with Crippen molar-refractivity contribution in [1.82, 2.24) is 20.6 Å². The van der Waals surface area contributed by atoms with Gasteiger partial charge in [-0.05, 0) is 23.3 Å². The average molecular weight is 401 g/mol. The van der Waals surface area contributed by atoms with Crippen LogP contribution in [0.25, 0.3) is 4.85 Å². The minimum absolute atomic E-state index is 0.0920. The van der Waals surface area contributed by atoms with Gasteiger partial charge in [0.2, 0.25) is 0 Å². The van der Waals surface area contributed by atoms with E-state index in [4.69, 9.17) is 11.3 Å². The molecule has 0 atom stereocenters. The van der Waals surface area contributed by atoms with Gasteiger partial charge >= 0.3 is 0 Å². The van der Waals surface area contributed by atoms with E-state index in [-0.39, 0.29) is 17.9 Å². The third-order valence-electron chi connectivity index (χ3n) is 4.24. The summed E-state index contributed by atoms with van der Waals surface area (Å²) >= 11 is 0. The molecule has 30 heavy (non-hydrogen) atoms. The highest BCUT2D eigenvalue weighted by atomic mass is 16.5. The summed E-state index contributed by atoms with van der Waals surface area (Å²) < 4.78 is 5.16. The van der Waals surface area contributed by atoms with Crippen molar-refractivity contribution in [2.75, 3.05) is 7.11 Å². The summed E-state index contributed by atoms with van der Waals surface area (Å²) in [7, 11) is 1.58. The molecule has 150 valence electrons. The van der Waals surface area contributed by atoms with Crippen LogP contribution < -0.4 is 15.4 Å². The second-order valence-corrected chi connectivity index (χ2v) is 6.28. The molecule has 0 saturated heterocycles. The number of carbonyl (C=O) groups is 2. The standard InChI is InChI=1S/C22H19N5O3/c1-23-17-8-6-15(7-9-17)12-24-21(28)19-11-20(27-14-26-19)22(29)25-13-16-4-3-5-18(10-16)30-2/h3-11,14H,12-13H2,2H3,(H,24,28)(H,25,29). The van der Waals surface area contributed by atoms with Gasteiger partial charge in [-0.1, -0.05) is 36.4 Å². The number of hydrogen-bond donors (Lipinski definition) is 2. The van der Waals surface area contributed by atoms with Crippen molar-refractivity contribution >= 4 is 17.5 Å². The smallest absolute Gasteiger partial charge is 0.270 e. The molecule has 0 aliphatic rings. The Morgan fingerprint density at radius 2 is 1.57 bits per heavy atom. The van der Waals surface area contributed by atoms with Crippen LogP contribution in [0.4, 0.5) is 5.69 Å². The van der Waals surface area contributed by atoms with Gasteiger partial charge in [0.05, 0.1) is 13.7 Å². The topological polar surface area (TPSA) is 97.6 Å². The molecule has 0 radical (unpaired) electrons. The molecule has 0 aliphatic heterocycles. The van der Waals surface area contributed by atoms with E-state index in [1.165, 1.54) is 12.4 Å². The molecule has 0 aliphatic carbocycles. The van der Waals surface area contributed by atoms with Crippen molar-refractivity contribution in [1.29, 1.82) is 0 Å². The van der Waals surface area contributed by atoms with Crippen LogP contribution in [-0.2, 0) is 13.1 Å². The summed E-state index contributed by atoms with van der Waals surface area (Å²) in [5.41, 5.74) is 2.44. The third kappa shape index (κ3) is 5.39. The molecule has 8 heteroatoms. The SMILES string of the molecule is [C-]#[N+]c1ccc(CNC(=O)c2cc(C(=O)NCc3cccc(OC)c3)ncn2)cc1. The Bertz CT molecular complexity index is 1090. The first kappa shape index (κ1) is 20.5. The first-order valence-electron chi connectivity index (χ1n) is 9.07. The molecule has 0 fully saturated rings. The zero-order valence-corrected chi connectivity index (χ0v) is 16.3. The number of benzene rings is 2. The number of nitrogens with one attached hydrogen (secondary N) is 2. The Hall–Kier alpha value is -4.25. The molecule has 0 saturated carbocycles. The zero-order valence-electron chi connectivity index (χ0n) is 16.3. The van der Waals surface area contributed by atoms with E-state index in [9.17, 15) is 9.59 Å². The number of ether oxygens (including phenoxy) is 1. The fraction of sp³-hybridized carbons (Fsp3) is 0.136.